The maximum absolute atomic E-state index is 5.85. The number of hydrogen-bond acceptors (Lipinski definition) is 4. The van der Waals surface area contributed by atoms with Crippen molar-refractivity contribution in [1.82, 2.24) is 5.32 Å². The fourth-order valence-electron chi connectivity index (χ4n) is 2.29. The summed E-state index contributed by atoms with van der Waals surface area (Å²) in [6, 6.07) is 8.27. The Hall–Kier alpha value is -1.10. The lowest BCUT2D eigenvalue weighted by Crippen LogP contribution is -2.33. The highest BCUT2D eigenvalue weighted by molar-refractivity contribution is 5.36. The van der Waals surface area contributed by atoms with Crippen molar-refractivity contribution >= 4 is 0 Å². The third-order valence-electron chi connectivity index (χ3n) is 3.31. The van der Waals surface area contributed by atoms with Gasteiger partial charge in [-0.15, -0.1) is 0 Å². The fourth-order valence-corrected chi connectivity index (χ4v) is 2.29. The van der Waals surface area contributed by atoms with E-state index < -0.39 is 0 Å². The van der Waals surface area contributed by atoms with Crippen LogP contribution in [0, 0.1) is 0 Å². The summed E-state index contributed by atoms with van der Waals surface area (Å²) in [5, 5.41) is 3.56. The van der Waals surface area contributed by atoms with Gasteiger partial charge < -0.3 is 19.5 Å². The second-order valence-corrected chi connectivity index (χ2v) is 4.97. The van der Waals surface area contributed by atoms with Crippen molar-refractivity contribution in [3.8, 4) is 5.75 Å². The molecular formula is C17H29NO3. The Morgan fingerprint density at radius 1 is 1.14 bits per heavy atom. The maximum Gasteiger partial charge on any atom is 0.124 e. The Morgan fingerprint density at radius 3 is 2.57 bits per heavy atom. The molecule has 4 nitrogen and oxygen atoms in total. The van der Waals surface area contributed by atoms with Gasteiger partial charge >= 0.3 is 0 Å². The topological polar surface area (TPSA) is 39.7 Å². The first-order valence-corrected chi connectivity index (χ1v) is 7.80. The van der Waals surface area contributed by atoms with Crippen LogP contribution >= 0.6 is 0 Å². The summed E-state index contributed by atoms with van der Waals surface area (Å²) in [7, 11) is 1.68. The highest BCUT2D eigenvalue weighted by Crippen LogP contribution is 2.28. The van der Waals surface area contributed by atoms with E-state index in [1.807, 2.05) is 25.1 Å². The molecule has 21 heavy (non-hydrogen) atoms. The summed E-state index contributed by atoms with van der Waals surface area (Å²) < 4.78 is 16.7. The molecule has 0 fully saturated rings. The molecule has 0 heterocycles. The van der Waals surface area contributed by atoms with E-state index >= 15 is 0 Å². The van der Waals surface area contributed by atoms with Crippen molar-refractivity contribution in [2.75, 3.05) is 33.5 Å². The van der Waals surface area contributed by atoms with Gasteiger partial charge in [0.25, 0.3) is 0 Å². The molecule has 0 aliphatic rings. The molecule has 0 saturated carbocycles. The Kier molecular flexibility index (Phi) is 9.06. The van der Waals surface area contributed by atoms with Gasteiger partial charge in [0, 0.05) is 19.3 Å². The molecule has 0 aliphatic heterocycles. The summed E-state index contributed by atoms with van der Waals surface area (Å²) in [5.74, 6) is 0.898. The van der Waals surface area contributed by atoms with Gasteiger partial charge in [0.15, 0.2) is 0 Å². The van der Waals surface area contributed by atoms with Gasteiger partial charge in [-0.2, -0.15) is 0 Å². The minimum atomic E-state index is 0.0914. The van der Waals surface area contributed by atoms with E-state index in [9.17, 15) is 0 Å². The van der Waals surface area contributed by atoms with Crippen LogP contribution in [0.15, 0.2) is 24.3 Å². The van der Waals surface area contributed by atoms with Crippen LogP contribution in [0.25, 0.3) is 0 Å². The lowest BCUT2D eigenvalue weighted by atomic mass is 10.0. The number of ether oxygens (including phenoxy) is 3. The van der Waals surface area contributed by atoms with Gasteiger partial charge in [-0.3, -0.25) is 0 Å². The zero-order valence-corrected chi connectivity index (χ0v) is 13.7. The van der Waals surface area contributed by atoms with Crippen molar-refractivity contribution < 1.29 is 14.2 Å². The van der Waals surface area contributed by atoms with Crippen molar-refractivity contribution in [2.24, 2.45) is 0 Å². The summed E-state index contributed by atoms with van der Waals surface area (Å²) in [6.07, 6.45) is 1.18. The van der Waals surface area contributed by atoms with E-state index in [1.165, 1.54) is 0 Å². The molecule has 0 aliphatic carbocycles. The molecule has 0 bridgehead atoms. The van der Waals surface area contributed by atoms with Crippen molar-refractivity contribution in [2.45, 2.75) is 39.3 Å². The van der Waals surface area contributed by atoms with Crippen molar-refractivity contribution in [1.29, 1.82) is 0 Å². The number of rotatable bonds is 11. The molecule has 4 heteroatoms. The highest BCUT2D eigenvalue weighted by Gasteiger charge is 2.22. The van der Waals surface area contributed by atoms with E-state index in [0.717, 1.165) is 24.3 Å². The number of methoxy groups -OCH3 is 1. The molecule has 1 rings (SSSR count). The molecule has 1 aromatic rings. The summed E-state index contributed by atoms with van der Waals surface area (Å²) in [6.45, 7) is 9.08. The lowest BCUT2D eigenvalue weighted by Gasteiger charge is -2.27. The summed E-state index contributed by atoms with van der Waals surface area (Å²) in [5.41, 5.74) is 1.14. The molecule has 1 N–H and O–H groups in total. The molecule has 120 valence electrons. The molecule has 0 radical (unpaired) electrons. The van der Waals surface area contributed by atoms with Gasteiger partial charge in [0.2, 0.25) is 0 Å². The van der Waals surface area contributed by atoms with Crippen LogP contribution in [-0.2, 0) is 9.47 Å². The van der Waals surface area contributed by atoms with Crippen LogP contribution in [0.4, 0.5) is 0 Å². The molecular weight excluding hydrogens is 266 g/mol. The maximum atomic E-state index is 5.85. The van der Waals surface area contributed by atoms with Crippen LogP contribution in [0.1, 0.15) is 38.8 Å². The van der Waals surface area contributed by atoms with Crippen LogP contribution in [0.2, 0.25) is 0 Å². The van der Waals surface area contributed by atoms with E-state index in [-0.39, 0.29) is 12.1 Å². The largest absolute Gasteiger partial charge is 0.491 e. The van der Waals surface area contributed by atoms with Crippen LogP contribution in [0.5, 0.6) is 5.75 Å². The van der Waals surface area contributed by atoms with Crippen molar-refractivity contribution in [3.05, 3.63) is 29.8 Å². The Bertz CT molecular complexity index is 384. The first-order valence-electron chi connectivity index (χ1n) is 7.80. The van der Waals surface area contributed by atoms with Gasteiger partial charge in [-0.05, 0) is 32.9 Å². The third-order valence-corrected chi connectivity index (χ3v) is 3.31. The number of nitrogens with one attached hydrogen (secondary N) is 1. The summed E-state index contributed by atoms with van der Waals surface area (Å²) in [4.78, 5) is 0. The monoisotopic (exact) mass is 295 g/mol. The SMILES string of the molecule is CCCNC(c1ccccc1OCCOC)C(C)OCC. The molecule has 2 unspecified atom stereocenters. The molecule has 1 aromatic carbocycles. The van der Waals surface area contributed by atoms with Crippen LogP contribution in [0.3, 0.4) is 0 Å². The highest BCUT2D eigenvalue weighted by atomic mass is 16.5. The van der Waals surface area contributed by atoms with Gasteiger partial charge in [0.05, 0.1) is 18.8 Å². The average Bonchev–Trinajstić information content (AvgIpc) is 2.49. The predicted molar refractivity (Wildman–Crippen MR) is 85.9 cm³/mol. The minimum absolute atomic E-state index is 0.0914. The minimum Gasteiger partial charge on any atom is -0.491 e. The Morgan fingerprint density at radius 2 is 1.90 bits per heavy atom. The zero-order valence-electron chi connectivity index (χ0n) is 13.7. The molecule has 0 aromatic heterocycles. The smallest absolute Gasteiger partial charge is 0.124 e. The quantitative estimate of drug-likeness (QED) is 0.637. The summed E-state index contributed by atoms with van der Waals surface area (Å²) >= 11 is 0. The van der Waals surface area contributed by atoms with E-state index in [2.05, 4.69) is 25.2 Å². The van der Waals surface area contributed by atoms with E-state index in [4.69, 9.17) is 14.2 Å². The van der Waals surface area contributed by atoms with Gasteiger partial charge in [-0.25, -0.2) is 0 Å². The zero-order chi connectivity index (χ0) is 15.5. The number of benzene rings is 1. The second-order valence-electron chi connectivity index (χ2n) is 4.97. The second kappa shape index (κ2) is 10.6. The standard InChI is InChI=1S/C17H29NO3/c1-5-11-18-17(14(3)20-6-2)15-9-7-8-10-16(15)21-13-12-19-4/h7-10,14,17-18H,5-6,11-13H2,1-4H3. The van der Waals surface area contributed by atoms with Crippen molar-refractivity contribution in [3.63, 3.8) is 0 Å². The normalized spacial score (nSPS) is 13.9. The van der Waals surface area contributed by atoms with Crippen LogP contribution in [-0.4, -0.2) is 39.6 Å². The van der Waals surface area contributed by atoms with Gasteiger partial charge in [0.1, 0.15) is 12.4 Å². The molecule has 2 atom stereocenters. The van der Waals surface area contributed by atoms with Crippen LogP contribution < -0.4 is 10.1 Å². The van der Waals surface area contributed by atoms with Gasteiger partial charge in [-0.1, -0.05) is 25.1 Å². The van der Waals surface area contributed by atoms with E-state index in [0.29, 0.717) is 19.8 Å². The fraction of sp³-hybridized carbons (Fsp3) is 0.647. The van der Waals surface area contributed by atoms with E-state index in [1.54, 1.807) is 7.11 Å². The Balaban J connectivity index is 2.88. The molecule has 0 amide bonds. The first kappa shape index (κ1) is 18.0. The predicted octanol–water partition coefficient (Wildman–Crippen LogP) is 3.18. The number of para-hydroxylation sites is 1. The molecule has 0 spiro atoms. The Labute approximate surface area is 128 Å². The lowest BCUT2D eigenvalue weighted by molar-refractivity contribution is 0.0461. The third kappa shape index (κ3) is 6.04. The molecule has 0 saturated heterocycles. The average molecular weight is 295 g/mol. The number of hydrogen-bond donors (Lipinski definition) is 1. The first-order chi connectivity index (χ1) is 10.2.